The molecule has 0 aliphatic heterocycles. The van der Waals surface area contributed by atoms with E-state index in [2.05, 4.69) is 0 Å². The van der Waals surface area contributed by atoms with Crippen LogP contribution in [0.25, 0.3) is 0 Å². The Labute approximate surface area is 69.4 Å². The second-order valence-corrected chi connectivity index (χ2v) is 4.42. The van der Waals surface area contributed by atoms with Gasteiger partial charge in [0, 0.05) is 6.04 Å². The van der Waals surface area contributed by atoms with Gasteiger partial charge in [-0.1, -0.05) is 25.7 Å². The fraction of sp³-hybridized carbons (Fsp3) is 1.00. The fourth-order valence-corrected chi connectivity index (χ4v) is 3.03. The molecule has 2 fully saturated rings. The van der Waals surface area contributed by atoms with Gasteiger partial charge in [0.05, 0.1) is 0 Å². The Balaban J connectivity index is 2.07. The highest BCUT2D eigenvalue weighted by Crippen LogP contribution is 2.48. The van der Waals surface area contributed by atoms with E-state index in [1.165, 1.54) is 51.4 Å². The maximum absolute atomic E-state index is 6.18. The average molecular weight is 153 g/mol. The van der Waals surface area contributed by atoms with E-state index in [-0.39, 0.29) is 0 Å². The first-order valence-electron chi connectivity index (χ1n) is 5.09. The van der Waals surface area contributed by atoms with Crippen LogP contribution < -0.4 is 5.73 Å². The van der Waals surface area contributed by atoms with Crippen LogP contribution in [-0.2, 0) is 0 Å². The van der Waals surface area contributed by atoms with Crippen LogP contribution in [0.15, 0.2) is 0 Å². The van der Waals surface area contributed by atoms with E-state index in [0.717, 1.165) is 0 Å². The third-order valence-electron chi connectivity index (χ3n) is 3.83. The van der Waals surface area contributed by atoms with E-state index in [9.17, 15) is 0 Å². The summed E-state index contributed by atoms with van der Waals surface area (Å²) < 4.78 is 0. The third-order valence-corrected chi connectivity index (χ3v) is 3.83. The summed E-state index contributed by atoms with van der Waals surface area (Å²) in [6.07, 6.45) is 11.3. The third kappa shape index (κ3) is 1.20. The minimum Gasteiger partial charge on any atom is -0.327 e. The summed E-state index contributed by atoms with van der Waals surface area (Å²) in [5.41, 5.74) is 6.78. The summed E-state index contributed by atoms with van der Waals surface area (Å²) in [6.45, 7) is 0. The topological polar surface area (TPSA) is 26.0 Å². The number of hydrogen-bond acceptors (Lipinski definition) is 1. The van der Waals surface area contributed by atoms with Crippen molar-refractivity contribution < 1.29 is 0 Å². The molecule has 1 nitrogen and oxygen atoms in total. The van der Waals surface area contributed by atoms with E-state index >= 15 is 0 Å². The molecule has 0 aromatic heterocycles. The van der Waals surface area contributed by atoms with Gasteiger partial charge >= 0.3 is 0 Å². The second-order valence-electron chi connectivity index (χ2n) is 4.42. The van der Waals surface area contributed by atoms with Crippen LogP contribution in [0.3, 0.4) is 0 Å². The molecule has 0 bridgehead atoms. The number of nitrogens with two attached hydrogens (primary N) is 1. The molecule has 1 atom stereocenters. The smallest absolute Gasteiger partial charge is 0.00955 e. The van der Waals surface area contributed by atoms with Gasteiger partial charge in [-0.25, -0.2) is 0 Å². The lowest BCUT2D eigenvalue weighted by atomic mass is 9.69. The largest absolute Gasteiger partial charge is 0.327 e. The predicted molar refractivity (Wildman–Crippen MR) is 47.3 cm³/mol. The van der Waals surface area contributed by atoms with Crippen molar-refractivity contribution in [2.45, 2.75) is 57.4 Å². The van der Waals surface area contributed by atoms with Crippen LogP contribution in [0, 0.1) is 5.41 Å². The van der Waals surface area contributed by atoms with Crippen LogP contribution in [0.1, 0.15) is 51.4 Å². The number of hydrogen-bond donors (Lipinski definition) is 1. The Hall–Kier alpha value is -0.0400. The van der Waals surface area contributed by atoms with Crippen molar-refractivity contribution in [3.05, 3.63) is 0 Å². The standard InChI is InChI=1S/C10H19N/c11-9-5-1-2-6-10(9)7-3-4-8-10/h9H,1-8,11H2. The molecular formula is C10H19N. The van der Waals surface area contributed by atoms with Gasteiger partial charge < -0.3 is 5.73 Å². The molecule has 0 aromatic carbocycles. The van der Waals surface area contributed by atoms with Gasteiger partial charge in [-0.2, -0.15) is 0 Å². The zero-order valence-electron chi connectivity index (χ0n) is 7.31. The molecule has 11 heavy (non-hydrogen) atoms. The Morgan fingerprint density at radius 1 is 0.909 bits per heavy atom. The summed E-state index contributed by atoms with van der Waals surface area (Å²) in [5, 5.41) is 0. The fourth-order valence-electron chi connectivity index (χ4n) is 3.03. The van der Waals surface area contributed by atoms with E-state index in [4.69, 9.17) is 5.73 Å². The zero-order valence-corrected chi connectivity index (χ0v) is 7.31. The maximum atomic E-state index is 6.18. The molecule has 1 unspecified atom stereocenters. The lowest BCUT2D eigenvalue weighted by Gasteiger charge is -2.39. The first-order valence-corrected chi connectivity index (χ1v) is 5.09. The van der Waals surface area contributed by atoms with Gasteiger partial charge in [-0.3, -0.25) is 0 Å². The first-order chi connectivity index (χ1) is 5.33. The quantitative estimate of drug-likeness (QED) is 0.568. The molecular weight excluding hydrogens is 134 g/mol. The molecule has 1 heteroatoms. The van der Waals surface area contributed by atoms with E-state index in [1.54, 1.807) is 0 Å². The Morgan fingerprint density at radius 2 is 1.45 bits per heavy atom. The molecule has 0 saturated heterocycles. The molecule has 2 rings (SSSR count). The summed E-state index contributed by atoms with van der Waals surface area (Å²) in [7, 11) is 0. The predicted octanol–water partition coefficient (Wildman–Crippen LogP) is 2.45. The van der Waals surface area contributed by atoms with Gasteiger partial charge in [-0.15, -0.1) is 0 Å². The van der Waals surface area contributed by atoms with E-state index < -0.39 is 0 Å². The Bertz CT molecular complexity index is 136. The molecule has 2 N–H and O–H groups in total. The van der Waals surface area contributed by atoms with Gasteiger partial charge in [0.25, 0.3) is 0 Å². The van der Waals surface area contributed by atoms with Crippen molar-refractivity contribution in [3.8, 4) is 0 Å². The van der Waals surface area contributed by atoms with Crippen LogP contribution in [0.4, 0.5) is 0 Å². The van der Waals surface area contributed by atoms with Crippen LogP contribution in [-0.4, -0.2) is 6.04 Å². The lowest BCUT2D eigenvalue weighted by molar-refractivity contribution is 0.160. The van der Waals surface area contributed by atoms with Crippen molar-refractivity contribution in [1.29, 1.82) is 0 Å². The van der Waals surface area contributed by atoms with Gasteiger partial charge in [0.2, 0.25) is 0 Å². The summed E-state index contributed by atoms with van der Waals surface area (Å²) in [5.74, 6) is 0. The van der Waals surface area contributed by atoms with Crippen molar-refractivity contribution in [3.63, 3.8) is 0 Å². The lowest BCUT2D eigenvalue weighted by Crippen LogP contribution is -2.42. The van der Waals surface area contributed by atoms with Crippen molar-refractivity contribution in [1.82, 2.24) is 0 Å². The van der Waals surface area contributed by atoms with Crippen LogP contribution >= 0.6 is 0 Å². The molecule has 0 amide bonds. The Morgan fingerprint density at radius 3 is 2.09 bits per heavy atom. The number of rotatable bonds is 0. The molecule has 64 valence electrons. The molecule has 2 aliphatic rings. The minimum atomic E-state index is 0.541. The van der Waals surface area contributed by atoms with Crippen molar-refractivity contribution >= 4 is 0 Å². The highest BCUT2D eigenvalue weighted by Gasteiger charge is 2.40. The summed E-state index contributed by atoms with van der Waals surface area (Å²) in [4.78, 5) is 0. The molecule has 0 radical (unpaired) electrons. The first kappa shape index (κ1) is 7.60. The minimum absolute atomic E-state index is 0.541. The molecule has 2 saturated carbocycles. The Kier molecular flexibility index (Phi) is 1.92. The zero-order chi connectivity index (χ0) is 7.73. The van der Waals surface area contributed by atoms with Gasteiger partial charge in [0.1, 0.15) is 0 Å². The monoisotopic (exact) mass is 153 g/mol. The van der Waals surface area contributed by atoms with Crippen LogP contribution in [0.2, 0.25) is 0 Å². The van der Waals surface area contributed by atoms with E-state index in [0.29, 0.717) is 11.5 Å². The summed E-state index contributed by atoms with van der Waals surface area (Å²) >= 11 is 0. The highest BCUT2D eigenvalue weighted by atomic mass is 14.7. The normalized spacial score (nSPS) is 36.3. The van der Waals surface area contributed by atoms with Crippen LogP contribution in [0.5, 0.6) is 0 Å². The molecule has 1 spiro atoms. The van der Waals surface area contributed by atoms with E-state index in [1.807, 2.05) is 0 Å². The van der Waals surface area contributed by atoms with Crippen molar-refractivity contribution in [2.75, 3.05) is 0 Å². The average Bonchev–Trinajstić information content (AvgIpc) is 2.46. The summed E-state index contributed by atoms with van der Waals surface area (Å²) in [6, 6.07) is 0.541. The SMILES string of the molecule is NC1CCCCC12CCCC2. The highest BCUT2D eigenvalue weighted by molar-refractivity contribution is 4.95. The molecule has 0 aromatic rings. The maximum Gasteiger partial charge on any atom is 0.00955 e. The van der Waals surface area contributed by atoms with Crippen molar-refractivity contribution in [2.24, 2.45) is 11.1 Å². The van der Waals surface area contributed by atoms with Gasteiger partial charge in [-0.05, 0) is 31.1 Å². The molecule has 2 aliphatic carbocycles. The molecule has 0 heterocycles. The second kappa shape index (κ2) is 2.78. The van der Waals surface area contributed by atoms with Gasteiger partial charge in [0.15, 0.2) is 0 Å².